The van der Waals surface area contributed by atoms with Crippen molar-refractivity contribution < 1.29 is 4.79 Å². The summed E-state index contributed by atoms with van der Waals surface area (Å²) in [5.41, 5.74) is 2.80. The average Bonchev–Trinajstić information content (AvgIpc) is 2.70. The van der Waals surface area contributed by atoms with Gasteiger partial charge in [-0.2, -0.15) is 0 Å². The summed E-state index contributed by atoms with van der Waals surface area (Å²) in [4.78, 5) is 13.2. The Balaban J connectivity index is 1.73. The summed E-state index contributed by atoms with van der Waals surface area (Å²) in [5.74, 6) is -0.380. The van der Waals surface area contributed by atoms with Gasteiger partial charge in [-0.1, -0.05) is 97.1 Å². The molecule has 2 nitrogen and oxygen atoms in total. The second kappa shape index (κ2) is 7.24. The third kappa shape index (κ3) is 3.22. The van der Waals surface area contributed by atoms with E-state index in [0.29, 0.717) is 0 Å². The fourth-order valence-electron chi connectivity index (χ4n) is 3.33. The average molecular weight is 337 g/mol. The summed E-state index contributed by atoms with van der Waals surface area (Å²) in [6.45, 7) is 0. The van der Waals surface area contributed by atoms with Crippen molar-refractivity contribution in [3.8, 4) is 0 Å². The zero-order valence-corrected chi connectivity index (χ0v) is 14.3. The fourth-order valence-corrected chi connectivity index (χ4v) is 3.33. The first-order chi connectivity index (χ1) is 12.8. The standard InChI is InChI=1S/C24H19NO/c26-24(25-22-17-9-15-18-10-7-8-16-21(18)22)23(19-11-3-1-4-12-19)20-13-5-2-6-14-20/h1-17,23H,(H,25,26). The Kier molecular flexibility index (Phi) is 4.48. The second-order valence-corrected chi connectivity index (χ2v) is 6.27. The molecule has 0 aliphatic carbocycles. The van der Waals surface area contributed by atoms with Gasteiger partial charge in [-0.25, -0.2) is 0 Å². The summed E-state index contributed by atoms with van der Waals surface area (Å²) in [5, 5.41) is 5.30. The number of carbonyl (C=O) groups excluding carboxylic acids is 1. The molecule has 0 aromatic heterocycles. The minimum absolute atomic E-state index is 0.0289. The molecule has 0 fully saturated rings. The quantitative estimate of drug-likeness (QED) is 0.515. The third-order valence-corrected chi connectivity index (χ3v) is 4.58. The lowest BCUT2D eigenvalue weighted by Crippen LogP contribution is -2.22. The molecule has 2 heteroatoms. The van der Waals surface area contributed by atoms with Gasteiger partial charge in [0.1, 0.15) is 0 Å². The molecule has 0 unspecified atom stereocenters. The van der Waals surface area contributed by atoms with Crippen LogP contribution in [0.2, 0.25) is 0 Å². The number of fused-ring (bicyclic) bond motifs is 1. The van der Waals surface area contributed by atoms with Crippen LogP contribution in [0.3, 0.4) is 0 Å². The molecule has 1 amide bonds. The van der Waals surface area contributed by atoms with Crippen LogP contribution < -0.4 is 5.32 Å². The maximum absolute atomic E-state index is 13.2. The smallest absolute Gasteiger partial charge is 0.236 e. The van der Waals surface area contributed by atoms with Crippen LogP contribution in [0.5, 0.6) is 0 Å². The summed E-state index contributed by atoms with van der Waals surface area (Å²) in [6.07, 6.45) is 0. The molecule has 1 N–H and O–H groups in total. The minimum Gasteiger partial charge on any atom is -0.325 e. The number of amides is 1. The predicted molar refractivity (Wildman–Crippen MR) is 107 cm³/mol. The fraction of sp³-hybridized carbons (Fsp3) is 0.0417. The molecule has 0 saturated heterocycles. The lowest BCUT2D eigenvalue weighted by Gasteiger charge is -2.18. The molecule has 0 radical (unpaired) electrons. The SMILES string of the molecule is O=C(Nc1cccc2ccccc12)C(c1ccccc1)c1ccccc1. The van der Waals surface area contributed by atoms with Gasteiger partial charge in [0.25, 0.3) is 0 Å². The van der Waals surface area contributed by atoms with Crippen LogP contribution in [0.15, 0.2) is 103 Å². The largest absolute Gasteiger partial charge is 0.325 e. The molecule has 26 heavy (non-hydrogen) atoms. The van der Waals surface area contributed by atoms with Crippen LogP contribution in [-0.2, 0) is 4.79 Å². The summed E-state index contributed by atoms with van der Waals surface area (Å²) in [7, 11) is 0. The van der Waals surface area contributed by atoms with E-state index < -0.39 is 0 Å². The van der Waals surface area contributed by atoms with Gasteiger partial charge in [0, 0.05) is 11.1 Å². The summed E-state index contributed by atoms with van der Waals surface area (Å²) in [6, 6.07) is 33.9. The maximum Gasteiger partial charge on any atom is 0.236 e. The summed E-state index contributed by atoms with van der Waals surface area (Å²) >= 11 is 0. The molecule has 4 aromatic rings. The van der Waals surface area contributed by atoms with E-state index in [1.54, 1.807) is 0 Å². The van der Waals surface area contributed by atoms with Crippen LogP contribution in [0.4, 0.5) is 5.69 Å². The molecule has 126 valence electrons. The first-order valence-corrected chi connectivity index (χ1v) is 8.71. The Morgan fingerprint density at radius 1 is 0.615 bits per heavy atom. The Labute approximate surface area is 153 Å². The monoisotopic (exact) mass is 337 g/mol. The highest BCUT2D eigenvalue weighted by Crippen LogP contribution is 2.28. The van der Waals surface area contributed by atoms with Gasteiger partial charge in [0.2, 0.25) is 5.91 Å². The second-order valence-electron chi connectivity index (χ2n) is 6.27. The Morgan fingerprint density at radius 3 is 1.81 bits per heavy atom. The molecule has 0 saturated carbocycles. The number of anilines is 1. The van der Waals surface area contributed by atoms with Gasteiger partial charge >= 0.3 is 0 Å². The predicted octanol–water partition coefficient (Wildman–Crippen LogP) is 5.61. The van der Waals surface area contributed by atoms with Crippen molar-refractivity contribution in [1.29, 1.82) is 0 Å². The van der Waals surface area contributed by atoms with Gasteiger partial charge in [0.05, 0.1) is 5.92 Å². The van der Waals surface area contributed by atoms with Crippen molar-refractivity contribution in [2.45, 2.75) is 5.92 Å². The van der Waals surface area contributed by atoms with Crippen molar-refractivity contribution in [1.82, 2.24) is 0 Å². The number of nitrogens with one attached hydrogen (secondary N) is 1. The van der Waals surface area contributed by atoms with E-state index in [2.05, 4.69) is 17.4 Å². The van der Waals surface area contributed by atoms with E-state index >= 15 is 0 Å². The molecule has 0 aliphatic heterocycles. The Morgan fingerprint density at radius 2 is 1.15 bits per heavy atom. The molecule has 4 rings (SSSR count). The zero-order valence-electron chi connectivity index (χ0n) is 14.3. The lowest BCUT2D eigenvalue weighted by atomic mass is 9.90. The van der Waals surface area contributed by atoms with Gasteiger partial charge in [-0.05, 0) is 22.6 Å². The molecular formula is C24H19NO. The van der Waals surface area contributed by atoms with Crippen LogP contribution in [-0.4, -0.2) is 5.91 Å². The van der Waals surface area contributed by atoms with E-state index in [4.69, 9.17) is 0 Å². The van der Waals surface area contributed by atoms with Crippen LogP contribution in [0, 0.1) is 0 Å². The normalized spacial score (nSPS) is 10.8. The maximum atomic E-state index is 13.2. The highest BCUT2D eigenvalue weighted by molar-refractivity contribution is 6.05. The highest BCUT2D eigenvalue weighted by atomic mass is 16.1. The number of carbonyl (C=O) groups is 1. The molecule has 0 bridgehead atoms. The molecular weight excluding hydrogens is 318 g/mol. The number of rotatable bonds is 4. The van der Waals surface area contributed by atoms with Crippen LogP contribution in [0.25, 0.3) is 10.8 Å². The molecule has 0 heterocycles. The van der Waals surface area contributed by atoms with Gasteiger partial charge in [-0.15, -0.1) is 0 Å². The van der Waals surface area contributed by atoms with E-state index in [1.165, 1.54) is 0 Å². The van der Waals surface area contributed by atoms with Gasteiger partial charge in [0.15, 0.2) is 0 Å². The topological polar surface area (TPSA) is 29.1 Å². The first kappa shape index (κ1) is 16.1. The number of hydrogen-bond donors (Lipinski definition) is 1. The number of benzene rings is 4. The van der Waals surface area contributed by atoms with E-state index in [9.17, 15) is 4.79 Å². The van der Waals surface area contributed by atoms with Crippen molar-refractivity contribution >= 4 is 22.4 Å². The zero-order chi connectivity index (χ0) is 17.8. The summed E-state index contributed by atoms with van der Waals surface area (Å²) < 4.78 is 0. The minimum atomic E-state index is -0.351. The Bertz CT molecular complexity index is 981. The lowest BCUT2D eigenvalue weighted by molar-refractivity contribution is -0.116. The molecule has 0 atom stereocenters. The van der Waals surface area contributed by atoms with Crippen LogP contribution in [0.1, 0.15) is 17.0 Å². The molecule has 0 aliphatic rings. The molecule has 4 aromatic carbocycles. The van der Waals surface area contributed by atoms with Crippen molar-refractivity contribution in [2.75, 3.05) is 5.32 Å². The van der Waals surface area contributed by atoms with Gasteiger partial charge in [-0.3, -0.25) is 4.79 Å². The van der Waals surface area contributed by atoms with E-state index in [1.807, 2.05) is 91.0 Å². The van der Waals surface area contributed by atoms with Crippen molar-refractivity contribution in [3.63, 3.8) is 0 Å². The number of hydrogen-bond acceptors (Lipinski definition) is 1. The van der Waals surface area contributed by atoms with Crippen LogP contribution >= 0.6 is 0 Å². The van der Waals surface area contributed by atoms with Crippen molar-refractivity contribution in [2.24, 2.45) is 0 Å². The van der Waals surface area contributed by atoms with E-state index in [0.717, 1.165) is 27.6 Å². The van der Waals surface area contributed by atoms with E-state index in [-0.39, 0.29) is 11.8 Å². The highest BCUT2D eigenvalue weighted by Gasteiger charge is 2.23. The van der Waals surface area contributed by atoms with Gasteiger partial charge < -0.3 is 5.32 Å². The first-order valence-electron chi connectivity index (χ1n) is 8.71. The Hall–Kier alpha value is -3.39. The molecule has 0 spiro atoms. The third-order valence-electron chi connectivity index (χ3n) is 4.58. The van der Waals surface area contributed by atoms with Crippen molar-refractivity contribution in [3.05, 3.63) is 114 Å².